The van der Waals surface area contributed by atoms with E-state index in [1.165, 1.54) is 19.9 Å². The van der Waals surface area contributed by atoms with Crippen LogP contribution in [0.3, 0.4) is 0 Å². The maximum atomic E-state index is 10.7. The summed E-state index contributed by atoms with van der Waals surface area (Å²) in [6.45, 7) is 2.84. The van der Waals surface area contributed by atoms with Crippen molar-refractivity contribution < 1.29 is 14.3 Å². The van der Waals surface area contributed by atoms with Crippen LogP contribution in [0.5, 0.6) is 5.75 Å². The third kappa shape index (κ3) is 4.22. The minimum absolute atomic E-state index is 0.000868. The predicted molar refractivity (Wildman–Crippen MR) is 57.5 cm³/mol. The molecule has 0 heterocycles. The third-order valence-corrected chi connectivity index (χ3v) is 1.65. The fraction of sp³-hybridized carbons (Fsp3) is 0.167. The van der Waals surface area contributed by atoms with Gasteiger partial charge in [-0.3, -0.25) is 9.59 Å². The molecule has 0 aliphatic carbocycles. The van der Waals surface area contributed by atoms with Crippen molar-refractivity contribution in [1.82, 2.24) is 0 Å². The number of carbonyl (C=O) groups excluding carboxylic acids is 2. The van der Waals surface area contributed by atoms with E-state index in [0.717, 1.165) is 5.56 Å². The van der Waals surface area contributed by atoms with Crippen LogP contribution in [0.15, 0.2) is 30.3 Å². The van der Waals surface area contributed by atoms with Crippen LogP contribution in [0.4, 0.5) is 0 Å². The lowest BCUT2D eigenvalue weighted by Crippen LogP contribution is -2.00. The number of hydrogen-bond acceptors (Lipinski definition) is 3. The van der Waals surface area contributed by atoms with Crippen molar-refractivity contribution in [2.24, 2.45) is 0 Å². The Morgan fingerprint density at radius 3 is 2.20 bits per heavy atom. The topological polar surface area (TPSA) is 43.4 Å². The molecule has 0 atom stereocenters. The first-order valence-corrected chi connectivity index (χ1v) is 4.55. The molecule has 0 saturated carbocycles. The van der Waals surface area contributed by atoms with Crippen molar-refractivity contribution in [3.8, 4) is 5.75 Å². The molecule has 0 unspecified atom stereocenters. The fourth-order valence-electron chi connectivity index (χ4n) is 1.03. The Bertz CT molecular complexity index is 388. The van der Waals surface area contributed by atoms with Gasteiger partial charge in [0.15, 0.2) is 5.78 Å². The van der Waals surface area contributed by atoms with Crippen molar-refractivity contribution >= 4 is 17.8 Å². The second kappa shape index (κ2) is 5.10. The molecule has 1 aromatic carbocycles. The zero-order valence-electron chi connectivity index (χ0n) is 8.69. The van der Waals surface area contributed by atoms with E-state index >= 15 is 0 Å². The van der Waals surface area contributed by atoms with E-state index in [2.05, 4.69) is 0 Å². The van der Waals surface area contributed by atoms with Gasteiger partial charge in [-0.25, -0.2) is 0 Å². The SMILES string of the molecule is CC(=O)/C=C\c1ccc(OC(C)=O)cc1. The van der Waals surface area contributed by atoms with Gasteiger partial charge in [0.1, 0.15) is 5.75 Å². The first-order valence-electron chi connectivity index (χ1n) is 4.55. The Balaban J connectivity index is 2.72. The van der Waals surface area contributed by atoms with Gasteiger partial charge < -0.3 is 4.74 Å². The lowest BCUT2D eigenvalue weighted by Gasteiger charge is -2.00. The van der Waals surface area contributed by atoms with Crippen LogP contribution < -0.4 is 4.74 Å². The molecule has 1 aromatic rings. The van der Waals surface area contributed by atoms with Gasteiger partial charge in [0.05, 0.1) is 0 Å². The van der Waals surface area contributed by atoms with Crippen LogP contribution in [-0.2, 0) is 9.59 Å². The molecule has 3 heteroatoms. The molecule has 78 valence electrons. The van der Waals surface area contributed by atoms with Gasteiger partial charge in [-0.2, -0.15) is 0 Å². The highest BCUT2D eigenvalue weighted by Gasteiger charge is 1.96. The summed E-state index contributed by atoms with van der Waals surface area (Å²) in [6.07, 6.45) is 3.20. The highest BCUT2D eigenvalue weighted by Crippen LogP contribution is 2.13. The molecule has 0 fully saturated rings. The van der Waals surface area contributed by atoms with Gasteiger partial charge in [0.2, 0.25) is 0 Å². The minimum Gasteiger partial charge on any atom is -0.427 e. The zero-order valence-corrected chi connectivity index (χ0v) is 8.69. The van der Waals surface area contributed by atoms with Gasteiger partial charge in [0.25, 0.3) is 0 Å². The second-order valence-corrected chi connectivity index (χ2v) is 3.11. The van der Waals surface area contributed by atoms with Crippen LogP contribution in [0.2, 0.25) is 0 Å². The summed E-state index contributed by atoms with van der Waals surface area (Å²) in [5.41, 5.74) is 0.890. The molecule has 3 nitrogen and oxygen atoms in total. The maximum Gasteiger partial charge on any atom is 0.308 e. The number of carbonyl (C=O) groups is 2. The Morgan fingerprint density at radius 2 is 1.73 bits per heavy atom. The summed E-state index contributed by atoms with van der Waals surface area (Å²) < 4.78 is 4.86. The highest BCUT2D eigenvalue weighted by atomic mass is 16.5. The van der Waals surface area contributed by atoms with E-state index in [1.807, 2.05) is 0 Å². The number of ether oxygens (including phenoxy) is 1. The van der Waals surface area contributed by atoms with E-state index in [9.17, 15) is 9.59 Å². The van der Waals surface area contributed by atoms with Gasteiger partial charge in [0, 0.05) is 6.92 Å². The average molecular weight is 204 g/mol. The lowest BCUT2D eigenvalue weighted by atomic mass is 10.2. The van der Waals surface area contributed by atoms with Crippen molar-refractivity contribution in [1.29, 1.82) is 0 Å². The van der Waals surface area contributed by atoms with Gasteiger partial charge >= 0.3 is 5.97 Å². The normalized spacial score (nSPS) is 10.3. The molecule has 0 radical (unpaired) electrons. The largest absolute Gasteiger partial charge is 0.427 e. The Hall–Kier alpha value is -1.90. The Kier molecular flexibility index (Phi) is 3.80. The Morgan fingerprint density at radius 1 is 1.13 bits per heavy atom. The molecule has 0 aliphatic heterocycles. The smallest absolute Gasteiger partial charge is 0.308 e. The Labute approximate surface area is 88.4 Å². The molecule has 0 spiro atoms. The number of rotatable bonds is 3. The molecule has 0 saturated heterocycles. The second-order valence-electron chi connectivity index (χ2n) is 3.11. The van der Waals surface area contributed by atoms with Gasteiger partial charge in [-0.1, -0.05) is 18.2 Å². The number of benzene rings is 1. The third-order valence-electron chi connectivity index (χ3n) is 1.65. The van der Waals surface area contributed by atoms with Gasteiger partial charge in [-0.15, -0.1) is 0 Å². The van der Waals surface area contributed by atoms with E-state index in [0.29, 0.717) is 5.75 Å². The summed E-state index contributed by atoms with van der Waals surface area (Å²) in [6, 6.07) is 6.91. The van der Waals surface area contributed by atoms with Crippen LogP contribution in [0.25, 0.3) is 6.08 Å². The number of esters is 1. The van der Waals surface area contributed by atoms with Crippen LogP contribution in [0, 0.1) is 0 Å². The summed E-state index contributed by atoms with van der Waals surface area (Å²) >= 11 is 0. The first kappa shape index (κ1) is 11.2. The molecular weight excluding hydrogens is 192 g/mol. The predicted octanol–water partition coefficient (Wildman–Crippen LogP) is 2.21. The molecule has 0 aliphatic rings. The molecule has 15 heavy (non-hydrogen) atoms. The number of allylic oxidation sites excluding steroid dienone is 1. The molecular formula is C12H12O3. The van der Waals surface area contributed by atoms with Crippen molar-refractivity contribution in [2.45, 2.75) is 13.8 Å². The summed E-state index contributed by atoms with van der Waals surface area (Å²) in [5, 5.41) is 0. The molecule has 0 aromatic heterocycles. The van der Waals surface area contributed by atoms with Crippen molar-refractivity contribution in [2.75, 3.05) is 0 Å². The van der Waals surface area contributed by atoms with E-state index in [-0.39, 0.29) is 11.8 Å². The molecule has 0 amide bonds. The maximum absolute atomic E-state index is 10.7. The summed E-state index contributed by atoms with van der Waals surface area (Å²) in [5.74, 6) is 0.156. The average Bonchev–Trinajstić information content (AvgIpc) is 2.16. The zero-order chi connectivity index (χ0) is 11.3. The van der Waals surface area contributed by atoms with Crippen LogP contribution in [0.1, 0.15) is 19.4 Å². The highest BCUT2D eigenvalue weighted by molar-refractivity contribution is 5.91. The first-order chi connectivity index (χ1) is 7.08. The van der Waals surface area contributed by atoms with Crippen LogP contribution >= 0.6 is 0 Å². The lowest BCUT2D eigenvalue weighted by molar-refractivity contribution is -0.131. The van der Waals surface area contributed by atoms with Gasteiger partial charge in [-0.05, 0) is 30.7 Å². The quantitative estimate of drug-likeness (QED) is 0.430. The van der Waals surface area contributed by atoms with Crippen molar-refractivity contribution in [3.05, 3.63) is 35.9 Å². The standard InChI is InChI=1S/C12H12O3/c1-9(13)3-4-11-5-7-12(8-6-11)15-10(2)14/h3-8H,1-2H3/b4-3-. The fourth-order valence-corrected chi connectivity index (χ4v) is 1.03. The van der Waals surface area contributed by atoms with E-state index in [4.69, 9.17) is 4.74 Å². The number of hydrogen-bond donors (Lipinski definition) is 0. The van der Waals surface area contributed by atoms with E-state index in [1.54, 1.807) is 30.3 Å². The summed E-state index contributed by atoms with van der Waals surface area (Å²) in [4.78, 5) is 21.3. The monoisotopic (exact) mass is 204 g/mol. The van der Waals surface area contributed by atoms with Crippen molar-refractivity contribution in [3.63, 3.8) is 0 Å². The van der Waals surface area contributed by atoms with E-state index < -0.39 is 0 Å². The number of ketones is 1. The molecule has 0 bridgehead atoms. The molecule has 0 N–H and O–H groups in total. The van der Waals surface area contributed by atoms with Crippen LogP contribution in [-0.4, -0.2) is 11.8 Å². The molecule has 1 rings (SSSR count). The minimum atomic E-state index is -0.345. The summed E-state index contributed by atoms with van der Waals surface area (Å²) in [7, 11) is 0.